The lowest BCUT2D eigenvalue weighted by Crippen LogP contribution is -2.13. The van der Waals surface area contributed by atoms with Gasteiger partial charge in [-0.05, 0) is 28.6 Å². The SMILES string of the molecule is CS(=O)(=O)CCn1nnnc1-c1ccc(N)cc1F. The van der Waals surface area contributed by atoms with E-state index in [1.165, 1.54) is 16.8 Å². The summed E-state index contributed by atoms with van der Waals surface area (Å²) >= 11 is 0. The van der Waals surface area contributed by atoms with Gasteiger partial charge in [-0.3, -0.25) is 0 Å². The third-order valence-electron chi connectivity index (χ3n) is 2.44. The molecule has 0 radical (unpaired) electrons. The first-order valence-corrected chi connectivity index (χ1v) is 7.42. The maximum atomic E-state index is 13.8. The van der Waals surface area contributed by atoms with Crippen LogP contribution in [0.15, 0.2) is 18.2 Å². The molecular weight excluding hydrogens is 273 g/mol. The van der Waals surface area contributed by atoms with E-state index >= 15 is 0 Å². The van der Waals surface area contributed by atoms with Crippen LogP contribution in [0.4, 0.5) is 10.1 Å². The fourth-order valence-corrected chi connectivity index (χ4v) is 2.02. The zero-order valence-corrected chi connectivity index (χ0v) is 10.9. The van der Waals surface area contributed by atoms with Gasteiger partial charge < -0.3 is 5.73 Å². The van der Waals surface area contributed by atoms with E-state index in [1.54, 1.807) is 0 Å². The lowest BCUT2D eigenvalue weighted by molar-refractivity contribution is 0.580. The lowest BCUT2D eigenvalue weighted by atomic mass is 10.2. The highest BCUT2D eigenvalue weighted by Crippen LogP contribution is 2.21. The second kappa shape index (κ2) is 4.92. The molecule has 0 aliphatic carbocycles. The van der Waals surface area contributed by atoms with Crippen molar-refractivity contribution in [3.05, 3.63) is 24.0 Å². The van der Waals surface area contributed by atoms with Gasteiger partial charge in [-0.1, -0.05) is 0 Å². The molecule has 0 aliphatic heterocycles. The Morgan fingerprint density at radius 2 is 2.16 bits per heavy atom. The number of nitrogen functional groups attached to an aromatic ring is 1. The Morgan fingerprint density at radius 1 is 1.42 bits per heavy atom. The Kier molecular flexibility index (Phi) is 3.47. The number of hydrogen-bond acceptors (Lipinski definition) is 6. The molecule has 0 amide bonds. The van der Waals surface area contributed by atoms with Crippen molar-refractivity contribution in [2.45, 2.75) is 6.54 Å². The van der Waals surface area contributed by atoms with Gasteiger partial charge in [0.1, 0.15) is 15.7 Å². The fraction of sp³-hybridized carbons (Fsp3) is 0.300. The van der Waals surface area contributed by atoms with Crippen molar-refractivity contribution in [1.82, 2.24) is 20.2 Å². The first-order chi connectivity index (χ1) is 8.87. The highest BCUT2D eigenvalue weighted by Gasteiger charge is 2.14. The van der Waals surface area contributed by atoms with Crippen molar-refractivity contribution in [3.8, 4) is 11.4 Å². The van der Waals surface area contributed by atoms with Gasteiger partial charge in [-0.15, -0.1) is 5.10 Å². The average Bonchev–Trinajstić information content (AvgIpc) is 2.73. The predicted molar refractivity (Wildman–Crippen MR) is 67.3 cm³/mol. The van der Waals surface area contributed by atoms with Crippen molar-refractivity contribution < 1.29 is 12.8 Å². The molecule has 1 aromatic carbocycles. The van der Waals surface area contributed by atoms with E-state index in [9.17, 15) is 12.8 Å². The van der Waals surface area contributed by atoms with Crippen LogP contribution in [0.5, 0.6) is 0 Å². The minimum atomic E-state index is -3.15. The van der Waals surface area contributed by atoms with Crippen LogP contribution in [0.25, 0.3) is 11.4 Å². The summed E-state index contributed by atoms with van der Waals surface area (Å²) in [6.07, 6.45) is 1.11. The summed E-state index contributed by atoms with van der Waals surface area (Å²) in [5.74, 6) is -0.515. The molecule has 1 aromatic heterocycles. The van der Waals surface area contributed by atoms with Crippen LogP contribution < -0.4 is 5.73 Å². The van der Waals surface area contributed by atoms with Crippen LogP contribution in [0, 0.1) is 5.82 Å². The molecule has 9 heteroatoms. The van der Waals surface area contributed by atoms with E-state index in [-0.39, 0.29) is 29.4 Å². The summed E-state index contributed by atoms with van der Waals surface area (Å²) in [4.78, 5) is 0. The smallest absolute Gasteiger partial charge is 0.185 e. The molecular formula is C10H12FN5O2S. The minimum absolute atomic E-state index is 0.0605. The van der Waals surface area contributed by atoms with Crippen LogP contribution >= 0.6 is 0 Å². The standard InChI is InChI=1S/C10H12FN5O2S/c1-19(17,18)5-4-16-10(13-14-15-16)8-3-2-7(12)6-9(8)11/h2-3,6H,4-5,12H2,1H3. The topological polar surface area (TPSA) is 104 Å². The van der Waals surface area contributed by atoms with Crippen molar-refractivity contribution >= 4 is 15.5 Å². The number of aryl methyl sites for hydroxylation is 1. The van der Waals surface area contributed by atoms with Crippen LogP contribution in [-0.4, -0.2) is 40.6 Å². The molecule has 0 fully saturated rings. The summed E-state index contributed by atoms with van der Waals surface area (Å²) in [6.45, 7) is 0.0605. The maximum Gasteiger partial charge on any atom is 0.185 e. The molecule has 0 saturated heterocycles. The predicted octanol–water partition coefficient (Wildman–Crippen LogP) is 0.106. The molecule has 0 bridgehead atoms. The molecule has 0 atom stereocenters. The van der Waals surface area contributed by atoms with Gasteiger partial charge in [0.15, 0.2) is 5.82 Å². The van der Waals surface area contributed by atoms with Crippen molar-refractivity contribution in [2.75, 3.05) is 17.7 Å². The summed E-state index contributed by atoms with van der Waals surface area (Å²) < 4.78 is 37.2. The van der Waals surface area contributed by atoms with Gasteiger partial charge in [-0.25, -0.2) is 17.5 Å². The number of aromatic nitrogens is 4. The van der Waals surface area contributed by atoms with Crippen LogP contribution in [0.3, 0.4) is 0 Å². The van der Waals surface area contributed by atoms with E-state index < -0.39 is 15.7 Å². The first kappa shape index (κ1) is 13.4. The zero-order valence-electron chi connectivity index (χ0n) is 10.1. The number of halogens is 1. The Hall–Kier alpha value is -2.03. The molecule has 19 heavy (non-hydrogen) atoms. The van der Waals surface area contributed by atoms with Gasteiger partial charge in [0.05, 0.1) is 17.9 Å². The second-order valence-electron chi connectivity index (χ2n) is 4.09. The van der Waals surface area contributed by atoms with Crippen LogP contribution in [0.2, 0.25) is 0 Å². The summed E-state index contributed by atoms with van der Waals surface area (Å²) in [6, 6.07) is 4.13. The fourth-order valence-electron chi connectivity index (χ4n) is 1.51. The van der Waals surface area contributed by atoms with E-state index in [1.807, 2.05) is 0 Å². The Morgan fingerprint density at radius 3 is 2.79 bits per heavy atom. The highest BCUT2D eigenvalue weighted by molar-refractivity contribution is 7.90. The number of tetrazole rings is 1. The summed E-state index contributed by atoms with van der Waals surface area (Å²) in [7, 11) is -3.15. The normalized spacial score (nSPS) is 11.7. The third-order valence-corrected chi connectivity index (χ3v) is 3.36. The molecule has 7 nitrogen and oxygen atoms in total. The van der Waals surface area contributed by atoms with Crippen LogP contribution in [0.1, 0.15) is 0 Å². The Balaban J connectivity index is 2.33. The molecule has 0 unspecified atom stereocenters. The number of hydrogen-bond donors (Lipinski definition) is 1. The van der Waals surface area contributed by atoms with Crippen molar-refractivity contribution in [3.63, 3.8) is 0 Å². The maximum absolute atomic E-state index is 13.8. The van der Waals surface area contributed by atoms with Gasteiger partial charge in [0, 0.05) is 11.9 Å². The molecule has 0 spiro atoms. The number of benzene rings is 1. The quantitative estimate of drug-likeness (QED) is 0.799. The largest absolute Gasteiger partial charge is 0.399 e. The summed E-state index contributed by atoms with van der Waals surface area (Å²) in [5.41, 5.74) is 5.92. The van der Waals surface area contributed by atoms with Gasteiger partial charge >= 0.3 is 0 Å². The molecule has 102 valence electrons. The molecule has 2 aromatic rings. The molecule has 2 rings (SSSR count). The Labute approximate surface area is 109 Å². The summed E-state index contributed by atoms with van der Waals surface area (Å²) in [5, 5.41) is 10.8. The van der Waals surface area contributed by atoms with Gasteiger partial charge in [-0.2, -0.15) is 0 Å². The molecule has 1 heterocycles. The molecule has 2 N–H and O–H groups in total. The highest BCUT2D eigenvalue weighted by atomic mass is 32.2. The van der Waals surface area contributed by atoms with Gasteiger partial charge in [0.2, 0.25) is 0 Å². The number of rotatable bonds is 4. The minimum Gasteiger partial charge on any atom is -0.399 e. The lowest BCUT2D eigenvalue weighted by Gasteiger charge is -2.05. The number of sulfone groups is 1. The van der Waals surface area contributed by atoms with E-state index in [0.29, 0.717) is 0 Å². The van der Waals surface area contributed by atoms with Crippen molar-refractivity contribution in [1.29, 1.82) is 0 Å². The zero-order chi connectivity index (χ0) is 14.0. The Bertz CT molecular complexity index is 698. The molecule has 0 aliphatic rings. The second-order valence-corrected chi connectivity index (χ2v) is 6.35. The van der Waals surface area contributed by atoms with E-state index in [2.05, 4.69) is 15.5 Å². The number of anilines is 1. The molecule has 0 saturated carbocycles. The average molecular weight is 285 g/mol. The van der Waals surface area contributed by atoms with E-state index in [4.69, 9.17) is 5.73 Å². The van der Waals surface area contributed by atoms with Crippen LogP contribution in [-0.2, 0) is 16.4 Å². The number of nitrogens with zero attached hydrogens (tertiary/aromatic N) is 4. The van der Waals surface area contributed by atoms with Gasteiger partial charge in [0.25, 0.3) is 0 Å². The monoisotopic (exact) mass is 285 g/mol. The number of nitrogens with two attached hydrogens (primary N) is 1. The first-order valence-electron chi connectivity index (χ1n) is 5.36. The van der Waals surface area contributed by atoms with E-state index in [0.717, 1.165) is 12.3 Å². The third kappa shape index (κ3) is 3.25. The van der Waals surface area contributed by atoms with Crippen molar-refractivity contribution in [2.24, 2.45) is 0 Å².